The van der Waals surface area contributed by atoms with E-state index in [2.05, 4.69) is 0 Å². The van der Waals surface area contributed by atoms with Crippen molar-refractivity contribution in [2.45, 2.75) is 25.7 Å². The number of rotatable bonds is 3. The Labute approximate surface area is 129 Å². The van der Waals surface area contributed by atoms with Gasteiger partial charge in [0.1, 0.15) is 5.82 Å². The summed E-state index contributed by atoms with van der Waals surface area (Å²) >= 11 is 0. The van der Waals surface area contributed by atoms with Gasteiger partial charge in [0, 0.05) is 32.1 Å². The number of hydrogen-bond acceptors (Lipinski definition) is 2. The van der Waals surface area contributed by atoms with E-state index in [4.69, 9.17) is 0 Å². The lowest BCUT2D eigenvalue weighted by atomic mass is 9.84. The van der Waals surface area contributed by atoms with E-state index in [-0.39, 0.29) is 30.0 Å². The maximum absolute atomic E-state index is 13.1. The van der Waals surface area contributed by atoms with Crippen molar-refractivity contribution in [2.24, 2.45) is 5.92 Å². The molecule has 0 bridgehead atoms. The number of carbonyl (C=O) groups is 2. The number of hydrogen-bond donors (Lipinski definition) is 0. The van der Waals surface area contributed by atoms with Gasteiger partial charge in [-0.15, -0.1) is 0 Å². The Hall–Kier alpha value is -1.91. The van der Waals surface area contributed by atoms with Crippen LogP contribution in [0.3, 0.4) is 0 Å². The van der Waals surface area contributed by atoms with E-state index in [1.54, 1.807) is 17.0 Å². The third-order valence-corrected chi connectivity index (χ3v) is 4.64. The summed E-state index contributed by atoms with van der Waals surface area (Å²) in [6, 6.07) is 6.15. The zero-order valence-electron chi connectivity index (χ0n) is 12.6. The number of halogens is 1. The lowest BCUT2D eigenvalue weighted by Gasteiger charge is -2.38. The molecule has 0 aromatic heterocycles. The molecule has 1 heterocycles. The van der Waals surface area contributed by atoms with E-state index in [9.17, 15) is 14.0 Å². The van der Waals surface area contributed by atoms with Crippen LogP contribution in [0.4, 0.5) is 4.39 Å². The maximum Gasteiger partial charge on any atom is 0.227 e. The SMILES string of the molecule is O=C(Cc1cccc(F)c1)N1CCN(C(=O)C2CCC2)CC1. The van der Waals surface area contributed by atoms with Crippen molar-refractivity contribution in [3.63, 3.8) is 0 Å². The van der Waals surface area contributed by atoms with E-state index in [0.717, 1.165) is 19.3 Å². The quantitative estimate of drug-likeness (QED) is 0.855. The molecular weight excluding hydrogens is 283 g/mol. The number of nitrogens with zero attached hydrogens (tertiary/aromatic N) is 2. The Kier molecular flexibility index (Phi) is 4.41. The van der Waals surface area contributed by atoms with E-state index in [1.165, 1.54) is 12.1 Å². The topological polar surface area (TPSA) is 40.6 Å². The monoisotopic (exact) mass is 304 g/mol. The van der Waals surface area contributed by atoms with Gasteiger partial charge in [0.15, 0.2) is 0 Å². The molecule has 0 atom stereocenters. The zero-order chi connectivity index (χ0) is 15.5. The van der Waals surface area contributed by atoms with Gasteiger partial charge in [0.05, 0.1) is 6.42 Å². The van der Waals surface area contributed by atoms with Gasteiger partial charge < -0.3 is 9.80 Å². The molecule has 2 fully saturated rings. The molecule has 2 aliphatic rings. The van der Waals surface area contributed by atoms with Crippen molar-refractivity contribution in [3.05, 3.63) is 35.6 Å². The van der Waals surface area contributed by atoms with Crippen LogP contribution >= 0.6 is 0 Å². The normalized spacial score (nSPS) is 19.0. The fraction of sp³-hybridized carbons (Fsp3) is 0.529. The first-order valence-corrected chi connectivity index (χ1v) is 7.94. The van der Waals surface area contributed by atoms with Crippen molar-refractivity contribution in [2.75, 3.05) is 26.2 Å². The molecule has 1 aromatic rings. The average Bonchev–Trinajstić information content (AvgIpc) is 2.45. The molecule has 1 aliphatic heterocycles. The summed E-state index contributed by atoms with van der Waals surface area (Å²) < 4.78 is 13.1. The largest absolute Gasteiger partial charge is 0.339 e. The second kappa shape index (κ2) is 6.46. The Morgan fingerprint density at radius 2 is 1.77 bits per heavy atom. The Bertz CT molecular complexity index is 564. The van der Waals surface area contributed by atoms with Gasteiger partial charge in [-0.2, -0.15) is 0 Å². The van der Waals surface area contributed by atoms with Crippen LogP contribution in [0.25, 0.3) is 0 Å². The zero-order valence-corrected chi connectivity index (χ0v) is 12.6. The summed E-state index contributed by atoms with van der Waals surface area (Å²) in [4.78, 5) is 28.1. The smallest absolute Gasteiger partial charge is 0.227 e. The van der Waals surface area contributed by atoms with Crippen LogP contribution in [-0.4, -0.2) is 47.8 Å². The number of carbonyl (C=O) groups excluding carboxylic acids is 2. The summed E-state index contributed by atoms with van der Waals surface area (Å²) in [6.45, 7) is 2.38. The van der Waals surface area contributed by atoms with Gasteiger partial charge in [0.25, 0.3) is 0 Å². The van der Waals surface area contributed by atoms with Gasteiger partial charge in [-0.3, -0.25) is 9.59 Å². The van der Waals surface area contributed by atoms with Crippen molar-refractivity contribution in [3.8, 4) is 0 Å². The third kappa shape index (κ3) is 3.29. The van der Waals surface area contributed by atoms with Gasteiger partial charge in [0.2, 0.25) is 11.8 Å². The molecule has 0 unspecified atom stereocenters. The molecule has 1 saturated carbocycles. The first-order chi connectivity index (χ1) is 10.6. The number of benzene rings is 1. The summed E-state index contributed by atoms with van der Waals surface area (Å²) in [6.07, 6.45) is 3.39. The summed E-state index contributed by atoms with van der Waals surface area (Å²) in [5, 5.41) is 0. The van der Waals surface area contributed by atoms with Crippen LogP contribution in [0, 0.1) is 11.7 Å². The Morgan fingerprint density at radius 3 is 2.36 bits per heavy atom. The highest BCUT2D eigenvalue weighted by atomic mass is 19.1. The van der Waals surface area contributed by atoms with E-state index in [1.807, 2.05) is 4.90 Å². The van der Waals surface area contributed by atoms with Gasteiger partial charge in [-0.25, -0.2) is 4.39 Å². The summed E-state index contributed by atoms with van der Waals surface area (Å²) in [7, 11) is 0. The highest BCUT2D eigenvalue weighted by Crippen LogP contribution is 2.28. The maximum atomic E-state index is 13.1. The highest BCUT2D eigenvalue weighted by Gasteiger charge is 2.31. The first-order valence-electron chi connectivity index (χ1n) is 7.94. The molecule has 3 rings (SSSR count). The van der Waals surface area contributed by atoms with Crippen molar-refractivity contribution in [1.82, 2.24) is 9.80 Å². The third-order valence-electron chi connectivity index (χ3n) is 4.64. The van der Waals surface area contributed by atoms with Gasteiger partial charge in [-0.05, 0) is 30.5 Å². The Balaban J connectivity index is 1.50. The lowest BCUT2D eigenvalue weighted by Crippen LogP contribution is -2.52. The molecule has 2 amide bonds. The van der Waals surface area contributed by atoms with Gasteiger partial charge >= 0.3 is 0 Å². The molecule has 0 radical (unpaired) electrons. The predicted molar refractivity (Wildman–Crippen MR) is 80.6 cm³/mol. The minimum Gasteiger partial charge on any atom is -0.339 e. The minimum absolute atomic E-state index is 0.00124. The van der Waals surface area contributed by atoms with Crippen LogP contribution < -0.4 is 0 Å². The molecule has 5 heteroatoms. The fourth-order valence-corrected chi connectivity index (χ4v) is 3.02. The van der Waals surface area contributed by atoms with Crippen molar-refractivity contribution in [1.29, 1.82) is 0 Å². The van der Waals surface area contributed by atoms with Crippen molar-refractivity contribution >= 4 is 11.8 Å². The van der Waals surface area contributed by atoms with Crippen LogP contribution in [0.5, 0.6) is 0 Å². The van der Waals surface area contributed by atoms with E-state index < -0.39 is 0 Å². The van der Waals surface area contributed by atoms with Crippen LogP contribution in [0.2, 0.25) is 0 Å². The molecule has 1 saturated heterocycles. The van der Waals surface area contributed by atoms with Crippen molar-refractivity contribution < 1.29 is 14.0 Å². The second-order valence-corrected chi connectivity index (χ2v) is 6.14. The fourth-order valence-electron chi connectivity index (χ4n) is 3.02. The molecule has 0 spiro atoms. The summed E-state index contributed by atoms with van der Waals surface area (Å²) in [5.41, 5.74) is 0.693. The molecular formula is C17H21FN2O2. The standard InChI is InChI=1S/C17H21FN2O2/c18-15-6-1-3-13(11-15)12-16(21)19-7-9-20(10-8-19)17(22)14-4-2-5-14/h1,3,6,11,14H,2,4-5,7-10,12H2. The molecule has 1 aromatic carbocycles. The van der Waals surface area contributed by atoms with E-state index in [0.29, 0.717) is 31.7 Å². The molecule has 118 valence electrons. The number of piperazine rings is 1. The molecule has 4 nitrogen and oxygen atoms in total. The van der Waals surface area contributed by atoms with Crippen LogP contribution in [-0.2, 0) is 16.0 Å². The highest BCUT2D eigenvalue weighted by molar-refractivity contribution is 5.81. The molecule has 0 N–H and O–H groups in total. The lowest BCUT2D eigenvalue weighted by molar-refractivity contribution is -0.143. The first kappa shape index (κ1) is 15.0. The van der Waals surface area contributed by atoms with Crippen LogP contribution in [0.15, 0.2) is 24.3 Å². The molecule has 1 aliphatic carbocycles. The Morgan fingerprint density at radius 1 is 1.09 bits per heavy atom. The summed E-state index contributed by atoms with van der Waals surface area (Å²) in [5.74, 6) is 0.153. The molecule has 22 heavy (non-hydrogen) atoms. The van der Waals surface area contributed by atoms with Crippen LogP contribution in [0.1, 0.15) is 24.8 Å². The minimum atomic E-state index is -0.318. The second-order valence-electron chi connectivity index (χ2n) is 6.14. The predicted octanol–water partition coefficient (Wildman–Crippen LogP) is 1.84. The average molecular weight is 304 g/mol. The van der Waals surface area contributed by atoms with E-state index >= 15 is 0 Å². The van der Waals surface area contributed by atoms with Gasteiger partial charge in [-0.1, -0.05) is 18.6 Å². The number of amides is 2.